The molecular formula is C36H72O4S2Sn. The maximum absolute atomic E-state index is 13.5. The van der Waals surface area contributed by atoms with Crippen molar-refractivity contribution in [1.29, 1.82) is 0 Å². The Morgan fingerprint density at radius 1 is 0.488 bits per heavy atom. The van der Waals surface area contributed by atoms with E-state index < -0.39 is 29.7 Å². The van der Waals surface area contributed by atoms with E-state index in [-0.39, 0.29) is 11.9 Å². The van der Waals surface area contributed by atoms with Crippen LogP contribution in [0.4, 0.5) is 0 Å². The molecule has 0 saturated carbocycles. The first-order valence-electron chi connectivity index (χ1n) is 18.4. The molecule has 0 bridgehead atoms. The summed E-state index contributed by atoms with van der Waals surface area (Å²) in [5.74, 6) is 0.913. The molecule has 0 aromatic carbocycles. The summed E-state index contributed by atoms with van der Waals surface area (Å²) in [5.41, 5.74) is 0. The standard InChI is InChI=1S/2C10H20O2S.2C8H17.Sn/c2*1-8(2)6-4-3-5-7-9(13)10(11)12;2*1-3-5-7-8-6-4-2;/h2*8-9,13H,3-7H2,1-2H3,(H,11,12);2*1,3-8H2,2H3;/q;;;;+2/p-2. The van der Waals surface area contributed by atoms with Crippen molar-refractivity contribution in [1.82, 2.24) is 0 Å². The van der Waals surface area contributed by atoms with Crippen LogP contribution in [0.25, 0.3) is 0 Å². The van der Waals surface area contributed by atoms with E-state index >= 15 is 0 Å². The van der Waals surface area contributed by atoms with Crippen molar-refractivity contribution in [2.45, 2.75) is 202 Å². The van der Waals surface area contributed by atoms with Crippen molar-refractivity contribution < 1.29 is 15.7 Å². The predicted molar refractivity (Wildman–Crippen MR) is 196 cm³/mol. The molecule has 0 aliphatic rings. The van der Waals surface area contributed by atoms with E-state index in [4.69, 9.17) is 31.4 Å². The predicted octanol–water partition coefficient (Wildman–Crippen LogP) is 12.0. The van der Waals surface area contributed by atoms with Crippen LogP contribution in [-0.2, 0) is 15.7 Å². The molecule has 0 aromatic heterocycles. The Morgan fingerprint density at radius 2 is 0.791 bits per heavy atom. The van der Waals surface area contributed by atoms with Gasteiger partial charge in [-0.3, -0.25) is 0 Å². The van der Waals surface area contributed by atoms with Gasteiger partial charge in [-0.05, 0) is 0 Å². The van der Waals surface area contributed by atoms with E-state index in [0.717, 1.165) is 73.1 Å². The average Bonchev–Trinajstić information content (AvgIpc) is 2.95. The number of carbonyl (C=O) groups excluding carboxylic acids is 2. The van der Waals surface area contributed by atoms with Crippen LogP contribution in [0.3, 0.4) is 0 Å². The van der Waals surface area contributed by atoms with Crippen molar-refractivity contribution in [2.75, 3.05) is 0 Å². The quantitative estimate of drug-likeness (QED) is 0.0436. The fraction of sp³-hybridized carbons (Fsp3) is 0.944. The zero-order chi connectivity index (χ0) is 32.3. The third-order valence-corrected chi connectivity index (χ3v) is 19.0. The number of thiol groups is 2. The molecule has 2 unspecified atom stereocenters. The minimum atomic E-state index is -4.09. The number of hydrogen-bond acceptors (Lipinski definition) is 6. The van der Waals surface area contributed by atoms with Gasteiger partial charge >= 0.3 is 286 Å². The Bertz CT molecular complexity index is 618. The SMILES string of the molecule is CCCCCCC[CH2][Sn]([CH2]CCCCCCC)([O]C(=O)C(S)CCCCCC(C)C)[O]C(=O)C(S)CCCCCC(C)C. The van der Waals surface area contributed by atoms with Gasteiger partial charge in [-0.1, -0.05) is 0 Å². The maximum atomic E-state index is 13.5. The van der Waals surface area contributed by atoms with Gasteiger partial charge < -0.3 is 0 Å². The van der Waals surface area contributed by atoms with E-state index in [2.05, 4.69) is 41.5 Å². The Morgan fingerprint density at radius 3 is 1.14 bits per heavy atom. The Hall–Kier alpha value is 0.439. The number of carbonyl (C=O) groups is 2. The topological polar surface area (TPSA) is 52.6 Å². The van der Waals surface area contributed by atoms with Gasteiger partial charge in [0.2, 0.25) is 0 Å². The second-order valence-corrected chi connectivity index (χ2v) is 24.3. The van der Waals surface area contributed by atoms with Crippen molar-refractivity contribution in [3.05, 3.63) is 0 Å². The average molecular weight is 752 g/mol. The van der Waals surface area contributed by atoms with Crippen LogP contribution in [0, 0.1) is 11.8 Å². The molecule has 0 N–H and O–H groups in total. The molecule has 256 valence electrons. The van der Waals surface area contributed by atoms with E-state index in [1.54, 1.807) is 0 Å². The first-order valence-corrected chi connectivity index (χ1v) is 25.8. The number of unbranched alkanes of at least 4 members (excludes halogenated alkanes) is 14. The summed E-state index contributed by atoms with van der Waals surface area (Å²) >= 11 is 5.29. The molecule has 0 fully saturated rings. The zero-order valence-electron chi connectivity index (χ0n) is 29.3. The van der Waals surface area contributed by atoms with Crippen LogP contribution in [0.15, 0.2) is 0 Å². The molecule has 0 radical (unpaired) electrons. The second kappa shape index (κ2) is 28.6. The van der Waals surface area contributed by atoms with E-state index in [1.165, 1.54) is 77.0 Å². The summed E-state index contributed by atoms with van der Waals surface area (Å²) in [6, 6.07) is 0. The van der Waals surface area contributed by atoms with Crippen LogP contribution in [0.1, 0.15) is 183 Å². The van der Waals surface area contributed by atoms with Gasteiger partial charge in [0, 0.05) is 0 Å². The van der Waals surface area contributed by atoms with Crippen LogP contribution in [0.5, 0.6) is 0 Å². The number of rotatable bonds is 30. The van der Waals surface area contributed by atoms with Gasteiger partial charge in [-0.2, -0.15) is 0 Å². The van der Waals surface area contributed by atoms with Gasteiger partial charge in [0.25, 0.3) is 0 Å². The normalized spacial score (nSPS) is 13.4. The van der Waals surface area contributed by atoms with Crippen LogP contribution in [-0.4, -0.2) is 41.6 Å². The molecule has 2 atom stereocenters. The zero-order valence-corrected chi connectivity index (χ0v) is 34.0. The van der Waals surface area contributed by atoms with E-state index in [9.17, 15) is 9.59 Å². The molecule has 43 heavy (non-hydrogen) atoms. The van der Waals surface area contributed by atoms with Crippen LogP contribution in [0.2, 0.25) is 8.87 Å². The van der Waals surface area contributed by atoms with Gasteiger partial charge in [-0.15, -0.1) is 0 Å². The van der Waals surface area contributed by atoms with Gasteiger partial charge in [0.1, 0.15) is 0 Å². The molecular weight excluding hydrogens is 679 g/mol. The molecule has 0 aromatic rings. The summed E-state index contributed by atoms with van der Waals surface area (Å²) < 4.78 is 14.4. The van der Waals surface area contributed by atoms with Crippen molar-refractivity contribution in [3.8, 4) is 0 Å². The third kappa shape index (κ3) is 25.2. The molecule has 0 heterocycles. The first-order chi connectivity index (χ1) is 20.6. The molecule has 0 rings (SSSR count). The van der Waals surface area contributed by atoms with Crippen LogP contribution >= 0.6 is 25.3 Å². The molecule has 0 spiro atoms. The fourth-order valence-electron chi connectivity index (χ4n) is 5.57. The Kier molecular flexibility index (Phi) is 28.9. The summed E-state index contributed by atoms with van der Waals surface area (Å²) in [6.07, 6.45) is 24.4. The van der Waals surface area contributed by atoms with Gasteiger partial charge in [0.05, 0.1) is 0 Å². The minimum absolute atomic E-state index is 0.253. The Labute approximate surface area is 284 Å². The second-order valence-electron chi connectivity index (χ2n) is 13.9. The molecule has 4 nitrogen and oxygen atoms in total. The number of hydrogen-bond donors (Lipinski definition) is 2. The fourth-order valence-corrected chi connectivity index (χ4v) is 16.0. The summed E-state index contributed by atoms with van der Waals surface area (Å²) in [4.78, 5) is 26.9. The third-order valence-electron chi connectivity index (χ3n) is 8.46. The van der Waals surface area contributed by atoms with Gasteiger partial charge in [0.15, 0.2) is 0 Å². The van der Waals surface area contributed by atoms with Crippen molar-refractivity contribution >= 4 is 56.4 Å². The molecule has 0 aliphatic heterocycles. The molecule has 0 aliphatic carbocycles. The molecule has 0 amide bonds. The first kappa shape index (κ1) is 43.4. The monoisotopic (exact) mass is 752 g/mol. The summed E-state index contributed by atoms with van der Waals surface area (Å²) in [7, 11) is 0. The van der Waals surface area contributed by atoms with Crippen molar-refractivity contribution in [2.24, 2.45) is 11.8 Å². The van der Waals surface area contributed by atoms with Crippen molar-refractivity contribution in [3.63, 3.8) is 0 Å². The summed E-state index contributed by atoms with van der Waals surface area (Å²) in [6.45, 7) is 13.5. The van der Waals surface area contributed by atoms with E-state index in [1.807, 2.05) is 0 Å². The van der Waals surface area contributed by atoms with Crippen LogP contribution < -0.4 is 0 Å². The van der Waals surface area contributed by atoms with Gasteiger partial charge in [-0.25, -0.2) is 0 Å². The molecule has 0 saturated heterocycles. The summed E-state index contributed by atoms with van der Waals surface area (Å²) in [5, 5.41) is -0.897. The molecule has 7 heteroatoms. The Balaban J connectivity index is 5.50. The van der Waals surface area contributed by atoms with E-state index in [0.29, 0.717) is 11.8 Å².